The fourth-order valence-electron chi connectivity index (χ4n) is 0.866. The molecule has 0 spiro atoms. The van der Waals surface area contributed by atoms with Crippen LogP contribution in [0.2, 0.25) is 0 Å². The molecule has 1 N–H and O–H groups in total. The molecule has 0 saturated heterocycles. The van der Waals surface area contributed by atoms with E-state index in [1.807, 2.05) is 0 Å². The second kappa shape index (κ2) is 4.87. The first-order valence-corrected chi connectivity index (χ1v) is 3.90. The van der Waals surface area contributed by atoms with Crippen molar-refractivity contribution in [2.45, 2.75) is 19.9 Å². The third-order valence-electron chi connectivity index (χ3n) is 1.64. The van der Waals surface area contributed by atoms with Crippen LogP contribution in [0.3, 0.4) is 0 Å². The first-order valence-electron chi connectivity index (χ1n) is 3.90. The lowest BCUT2D eigenvalue weighted by atomic mass is 10.3. The fourth-order valence-corrected chi connectivity index (χ4v) is 0.866. The average Bonchev–Trinajstić information content (AvgIpc) is 2.00. The van der Waals surface area contributed by atoms with Gasteiger partial charge in [-0.3, -0.25) is 9.59 Å². The minimum absolute atomic E-state index is 0.00541. The Hall–Kier alpha value is -0.900. The molecule has 4 nitrogen and oxygen atoms in total. The van der Waals surface area contributed by atoms with Crippen LogP contribution in [0.15, 0.2) is 0 Å². The first kappa shape index (κ1) is 11.1. The van der Waals surface area contributed by atoms with Crippen molar-refractivity contribution in [1.29, 1.82) is 0 Å². The highest BCUT2D eigenvalue weighted by Crippen LogP contribution is 1.90. The van der Waals surface area contributed by atoms with E-state index >= 15 is 0 Å². The van der Waals surface area contributed by atoms with Gasteiger partial charge in [-0.1, -0.05) is 0 Å². The van der Waals surface area contributed by atoms with Gasteiger partial charge in [0, 0.05) is 7.05 Å². The Kier molecular flexibility index (Phi) is 4.51. The van der Waals surface area contributed by atoms with E-state index in [0.717, 1.165) is 0 Å². The number of ketones is 1. The average molecular weight is 172 g/mol. The van der Waals surface area contributed by atoms with Gasteiger partial charge in [0.25, 0.3) is 0 Å². The number of nitrogens with zero attached hydrogens (tertiary/aromatic N) is 1. The van der Waals surface area contributed by atoms with Gasteiger partial charge in [-0.05, 0) is 20.9 Å². The number of likely N-dealkylation sites (N-methyl/N-ethyl adjacent to an activating group) is 2. The zero-order valence-electron chi connectivity index (χ0n) is 8.05. The van der Waals surface area contributed by atoms with Crippen molar-refractivity contribution in [2.24, 2.45) is 0 Å². The molecule has 0 bridgehead atoms. The molecule has 0 heterocycles. The van der Waals surface area contributed by atoms with Crippen LogP contribution in [0.5, 0.6) is 0 Å². The number of hydrogen-bond acceptors (Lipinski definition) is 3. The van der Waals surface area contributed by atoms with E-state index < -0.39 is 0 Å². The molecule has 0 aromatic carbocycles. The van der Waals surface area contributed by atoms with Gasteiger partial charge in [0.05, 0.1) is 12.6 Å². The summed E-state index contributed by atoms with van der Waals surface area (Å²) in [5.41, 5.74) is 0. The van der Waals surface area contributed by atoms with E-state index in [1.54, 1.807) is 21.0 Å². The summed E-state index contributed by atoms with van der Waals surface area (Å²) in [5, 5.41) is 2.82. The van der Waals surface area contributed by atoms with Gasteiger partial charge < -0.3 is 10.2 Å². The zero-order valence-corrected chi connectivity index (χ0v) is 8.05. The quantitative estimate of drug-likeness (QED) is 0.630. The van der Waals surface area contributed by atoms with Crippen LogP contribution in [-0.2, 0) is 9.59 Å². The summed E-state index contributed by atoms with van der Waals surface area (Å²) in [6.07, 6.45) is 0. The van der Waals surface area contributed by atoms with Gasteiger partial charge >= 0.3 is 0 Å². The van der Waals surface area contributed by atoms with Crippen LogP contribution in [-0.4, -0.2) is 43.3 Å². The Balaban J connectivity index is 4.01. The number of hydrogen-bond donors (Lipinski definition) is 1. The van der Waals surface area contributed by atoms with E-state index in [4.69, 9.17) is 0 Å². The summed E-state index contributed by atoms with van der Waals surface area (Å²) < 4.78 is 0. The second-order valence-corrected chi connectivity index (χ2v) is 2.91. The topological polar surface area (TPSA) is 49.4 Å². The van der Waals surface area contributed by atoms with Crippen LogP contribution in [0, 0.1) is 0 Å². The molecule has 0 aliphatic rings. The molecule has 1 amide bonds. The lowest BCUT2D eigenvalue weighted by molar-refractivity contribution is -0.134. The predicted molar refractivity (Wildman–Crippen MR) is 46.8 cm³/mol. The van der Waals surface area contributed by atoms with E-state index in [9.17, 15) is 9.59 Å². The van der Waals surface area contributed by atoms with Crippen LogP contribution in [0.25, 0.3) is 0 Å². The third kappa shape index (κ3) is 3.48. The minimum atomic E-state index is -0.227. The molecule has 0 rings (SSSR count). The second-order valence-electron chi connectivity index (χ2n) is 2.91. The molecule has 0 aromatic heterocycles. The number of Topliss-reactive ketones (excluding diaryl/α,β-unsaturated/α-hetero) is 1. The monoisotopic (exact) mass is 172 g/mol. The molecule has 70 valence electrons. The maximum Gasteiger partial charge on any atom is 0.239 e. The number of carbonyl (C=O) groups excluding carboxylic acids is 2. The Morgan fingerprint density at radius 1 is 1.50 bits per heavy atom. The number of carbonyl (C=O) groups is 2. The standard InChI is InChI=1S/C8H16N2O2/c1-6(11)5-10(4)8(12)7(2)9-3/h7,9H,5H2,1-4H3/t7-/m1/s1. The summed E-state index contributed by atoms with van der Waals surface area (Å²) in [6, 6.07) is -0.227. The molecule has 0 aliphatic heterocycles. The fraction of sp³-hybridized carbons (Fsp3) is 0.750. The van der Waals surface area contributed by atoms with Crippen molar-refractivity contribution >= 4 is 11.7 Å². The molecule has 0 fully saturated rings. The van der Waals surface area contributed by atoms with Crippen molar-refractivity contribution in [2.75, 3.05) is 20.6 Å². The SMILES string of the molecule is CN[C@H](C)C(=O)N(C)CC(C)=O. The third-order valence-corrected chi connectivity index (χ3v) is 1.64. The number of nitrogens with one attached hydrogen (secondary N) is 1. The molecule has 12 heavy (non-hydrogen) atoms. The van der Waals surface area contributed by atoms with Gasteiger partial charge in [-0.25, -0.2) is 0 Å². The lowest BCUT2D eigenvalue weighted by Crippen LogP contribution is -2.43. The van der Waals surface area contributed by atoms with Crippen molar-refractivity contribution in [3.63, 3.8) is 0 Å². The molecule has 0 saturated carbocycles. The highest BCUT2D eigenvalue weighted by Gasteiger charge is 2.15. The highest BCUT2D eigenvalue weighted by atomic mass is 16.2. The Morgan fingerprint density at radius 3 is 2.33 bits per heavy atom. The van der Waals surface area contributed by atoms with Crippen molar-refractivity contribution in [3.8, 4) is 0 Å². The van der Waals surface area contributed by atoms with E-state index in [0.29, 0.717) is 0 Å². The Bertz CT molecular complexity index is 180. The van der Waals surface area contributed by atoms with Gasteiger partial charge in [0.1, 0.15) is 5.78 Å². The maximum absolute atomic E-state index is 11.3. The largest absolute Gasteiger partial charge is 0.337 e. The van der Waals surface area contributed by atoms with Gasteiger partial charge in [0.15, 0.2) is 0 Å². The summed E-state index contributed by atoms with van der Waals surface area (Å²) in [7, 11) is 3.34. The van der Waals surface area contributed by atoms with Crippen molar-refractivity contribution < 1.29 is 9.59 Å². The van der Waals surface area contributed by atoms with Crippen molar-refractivity contribution in [3.05, 3.63) is 0 Å². The summed E-state index contributed by atoms with van der Waals surface area (Å²) in [5.74, 6) is -0.0677. The van der Waals surface area contributed by atoms with Crippen LogP contribution in [0.1, 0.15) is 13.8 Å². The molecule has 1 atom stereocenters. The van der Waals surface area contributed by atoms with Gasteiger partial charge in [-0.2, -0.15) is 0 Å². The predicted octanol–water partition coefficient (Wildman–Crippen LogP) is -0.358. The molecule has 0 unspecified atom stereocenters. The smallest absolute Gasteiger partial charge is 0.239 e. The molecule has 0 aromatic rings. The molecular weight excluding hydrogens is 156 g/mol. The number of amides is 1. The van der Waals surface area contributed by atoms with Crippen molar-refractivity contribution in [1.82, 2.24) is 10.2 Å². The summed E-state index contributed by atoms with van der Waals surface area (Å²) in [6.45, 7) is 3.41. The summed E-state index contributed by atoms with van der Waals surface area (Å²) >= 11 is 0. The maximum atomic E-state index is 11.3. The highest BCUT2D eigenvalue weighted by molar-refractivity contribution is 5.86. The Labute approximate surface area is 72.9 Å². The molecule has 0 aliphatic carbocycles. The van der Waals surface area contributed by atoms with Crippen LogP contribution in [0.4, 0.5) is 0 Å². The van der Waals surface area contributed by atoms with Gasteiger partial charge in [-0.15, -0.1) is 0 Å². The van der Waals surface area contributed by atoms with E-state index in [2.05, 4.69) is 5.32 Å². The van der Waals surface area contributed by atoms with E-state index in [1.165, 1.54) is 11.8 Å². The molecule has 4 heteroatoms. The summed E-state index contributed by atoms with van der Waals surface area (Å²) in [4.78, 5) is 23.4. The normalized spacial score (nSPS) is 12.3. The molecule has 0 radical (unpaired) electrons. The first-order chi connectivity index (χ1) is 5.49. The molecular formula is C8H16N2O2. The Morgan fingerprint density at radius 2 is 2.00 bits per heavy atom. The lowest BCUT2D eigenvalue weighted by Gasteiger charge is -2.19. The minimum Gasteiger partial charge on any atom is -0.337 e. The van der Waals surface area contributed by atoms with E-state index in [-0.39, 0.29) is 24.3 Å². The van der Waals surface area contributed by atoms with Crippen LogP contribution >= 0.6 is 0 Å². The zero-order chi connectivity index (χ0) is 9.72. The number of rotatable bonds is 4. The van der Waals surface area contributed by atoms with Crippen LogP contribution < -0.4 is 5.32 Å². The van der Waals surface area contributed by atoms with Gasteiger partial charge in [0.2, 0.25) is 5.91 Å².